The second kappa shape index (κ2) is 4.70. The first-order valence-electron chi connectivity index (χ1n) is 7.54. The third-order valence-electron chi connectivity index (χ3n) is 5.30. The minimum Gasteiger partial charge on any atom is -0.342 e. The highest BCUT2D eigenvalue weighted by atomic mass is 32.2. The van der Waals surface area contributed by atoms with Gasteiger partial charge in [-0.25, -0.2) is 13.1 Å². The summed E-state index contributed by atoms with van der Waals surface area (Å²) in [7, 11) is -3.09. The van der Waals surface area contributed by atoms with Crippen molar-refractivity contribution >= 4 is 15.9 Å². The first-order chi connectivity index (χ1) is 9.28. The summed E-state index contributed by atoms with van der Waals surface area (Å²) < 4.78 is 25.1. The summed E-state index contributed by atoms with van der Waals surface area (Å²) in [6.07, 6.45) is 6.20. The number of nitrogens with zero attached hydrogens (tertiary/aromatic N) is 1. The molecule has 6 heteroatoms. The summed E-state index contributed by atoms with van der Waals surface area (Å²) in [5.41, 5.74) is 0.286. The van der Waals surface area contributed by atoms with E-state index >= 15 is 0 Å². The van der Waals surface area contributed by atoms with E-state index in [2.05, 4.69) is 11.6 Å². The van der Waals surface area contributed by atoms with Crippen LogP contribution >= 0.6 is 0 Å². The van der Waals surface area contributed by atoms with E-state index in [0.29, 0.717) is 11.8 Å². The normalized spacial score (nSPS) is 33.0. The van der Waals surface area contributed by atoms with Gasteiger partial charge in [0, 0.05) is 25.0 Å². The van der Waals surface area contributed by atoms with Crippen molar-refractivity contribution < 1.29 is 13.2 Å². The molecule has 2 aliphatic carbocycles. The van der Waals surface area contributed by atoms with Crippen molar-refractivity contribution in [2.24, 2.45) is 17.3 Å². The Labute approximate surface area is 121 Å². The molecule has 20 heavy (non-hydrogen) atoms. The largest absolute Gasteiger partial charge is 0.342 e. The van der Waals surface area contributed by atoms with Crippen molar-refractivity contribution in [2.75, 3.05) is 19.3 Å². The molecule has 1 amide bonds. The van der Waals surface area contributed by atoms with Gasteiger partial charge < -0.3 is 4.90 Å². The number of piperidine rings is 1. The van der Waals surface area contributed by atoms with Crippen molar-refractivity contribution in [3.05, 3.63) is 0 Å². The van der Waals surface area contributed by atoms with Crippen LogP contribution in [0.1, 0.15) is 39.0 Å². The summed E-state index contributed by atoms with van der Waals surface area (Å²) in [4.78, 5) is 14.2. The van der Waals surface area contributed by atoms with E-state index in [0.717, 1.165) is 45.2 Å². The quantitative estimate of drug-likeness (QED) is 0.844. The van der Waals surface area contributed by atoms with Gasteiger partial charge in [-0.2, -0.15) is 0 Å². The molecule has 3 fully saturated rings. The van der Waals surface area contributed by atoms with Gasteiger partial charge in [0.15, 0.2) is 0 Å². The number of hydrogen-bond donors (Lipinski definition) is 1. The van der Waals surface area contributed by atoms with Crippen LogP contribution < -0.4 is 4.72 Å². The Balaban J connectivity index is 1.47. The molecule has 1 heterocycles. The van der Waals surface area contributed by atoms with Gasteiger partial charge >= 0.3 is 0 Å². The third kappa shape index (κ3) is 2.86. The SMILES string of the molecule is C[C@H]1C[C@@H]1C(=O)N1CCC2(CC1)CC(NS(C)(=O)=O)C2. The molecule has 3 aliphatic rings. The summed E-state index contributed by atoms with van der Waals surface area (Å²) in [6, 6.07) is 0.107. The average molecular weight is 300 g/mol. The summed E-state index contributed by atoms with van der Waals surface area (Å²) in [6.45, 7) is 3.85. The van der Waals surface area contributed by atoms with Crippen LogP contribution in [0.2, 0.25) is 0 Å². The number of likely N-dealkylation sites (tertiary alicyclic amines) is 1. The zero-order chi connectivity index (χ0) is 14.5. The summed E-state index contributed by atoms with van der Waals surface area (Å²) >= 11 is 0. The Morgan fingerprint density at radius 2 is 1.80 bits per heavy atom. The van der Waals surface area contributed by atoms with E-state index in [-0.39, 0.29) is 17.4 Å². The lowest BCUT2D eigenvalue weighted by Crippen LogP contribution is -2.55. The smallest absolute Gasteiger partial charge is 0.225 e. The first-order valence-corrected chi connectivity index (χ1v) is 9.43. The van der Waals surface area contributed by atoms with Crippen molar-refractivity contribution in [3.63, 3.8) is 0 Å². The van der Waals surface area contributed by atoms with Crippen LogP contribution in [0.25, 0.3) is 0 Å². The van der Waals surface area contributed by atoms with E-state index in [1.54, 1.807) is 0 Å². The number of sulfonamides is 1. The molecule has 3 rings (SSSR count). The molecule has 2 atom stereocenters. The van der Waals surface area contributed by atoms with E-state index in [9.17, 15) is 13.2 Å². The molecule has 1 spiro atoms. The molecule has 0 aromatic heterocycles. The summed E-state index contributed by atoms with van der Waals surface area (Å²) in [5.74, 6) is 1.20. The number of rotatable bonds is 3. The van der Waals surface area contributed by atoms with Crippen LogP contribution in [0, 0.1) is 17.3 Å². The molecule has 0 aromatic carbocycles. The second-order valence-corrected chi connectivity index (χ2v) is 8.92. The summed E-state index contributed by atoms with van der Waals surface area (Å²) in [5, 5.41) is 0. The average Bonchev–Trinajstić information content (AvgIpc) is 3.03. The Bertz CT molecular complexity index is 501. The number of amides is 1. The molecule has 1 aliphatic heterocycles. The Morgan fingerprint density at radius 1 is 1.25 bits per heavy atom. The van der Waals surface area contributed by atoms with Crippen molar-refractivity contribution in [1.29, 1.82) is 0 Å². The first kappa shape index (κ1) is 14.3. The molecule has 0 unspecified atom stereocenters. The lowest BCUT2D eigenvalue weighted by Gasteiger charge is -2.52. The van der Waals surface area contributed by atoms with Gasteiger partial charge in [-0.15, -0.1) is 0 Å². The van der Waals surface area contributed by atoms with Gasteiger partial charge in [0.05, 0.1) is 6.26 Å². The van der Waals surface area contributed by atoms with Gasteiger partial charge in [-0.05, 0) is 43.4 Å². The predicted octanol–water partition coefficient (Wildman–Crippen LogP) is 0.963. The highest BCUT2D eigenvalue weighted by Gasteiger charge is 2.49. The lowest BCUT2D eigenvalue weighted by molar-refractivity contribution is -0.136. The van der Waals surface area contributed by atoms with Gasteiger partial charge in [-0.1, -0.05) is 6.92 Å². The Morgan fingerprint density at radius 3 is 2.25 bits per heavy atom. The van der Waals surface area contributed by atoms with Crippen molar-refractivity contribution in [3.8, 4) is 0 Å². The Hall–Kier alpha value is -0.620. The van der Waals surface area contributed by atoms with Crippen LogP contribution in [-0.4, -0.2) is 44.6 Å². The number of carbonyl (C=O) groups is 1. The number of carbonyl (C=O) groups excluding carboxylic acids is 1. The maximum Gasteiger partial charge on any atom is 0.225 e. The van der Waals surface area contributed by atoms with Crippen LogP contribution in [-0.2, 0) is 14.8 Å². The molecule has 114 valence electrons. The van der Waals surface area contributed by atoms with Gasteiger partial charge in [-0.3, -0.25) is 4.79 Å². The predicted molar refractivity (Wildman–Crippen MR) is 76.5 cm³/mol. The number of hydrogen-bond acceptors (Lipinski definition) is 3. The Kier molecular flexibility index (Phi) is 3.36. The minimum absolute atomic E-state index is 0.107. The van der Waals surface area contributed by atoms with E-state index in [1.165, 1.54) is 6.26 Å². The van der Waals surface area contributed by atoms with E-state index in [1.807, 2.05) is 4.90 Å². The van der Waals surface area contributed by atoms with Crippen LogP contribution in [0.3, 0.4) is 0 Å². The monoisotopic (exact) mass is 300 g/mol. The molecule has 2 saturated carbocycles. The molecule has 0 radical (unpaired) electrons. The molecular formula is C14H24N2O3S. The van der Waals surface area contributed by atoms with Crippen LogP contribution in [0.5, 0.6) is 0 Å². The second-order valence-electron chi connectivity index (χ2n) is 7.14. The van der Waals surface area contributed by atoms with Crippen LogP contribution in [0.15, 0.2) is 0 Å². The molecule has 0 bridgehead atoms. The lowest BCUT2D eigenvalue weighted by atomic mass is 9.60. The molecular weight excluding hydrogens is 276 g/mol. The van der Waals surface area contributed by atoms with Gasteiger partial charge in [0.1, 0.15) is 0 Å². The number of nitrogens with one attached hydrogen (secondary N) is 1. The zero-order valence-corrected chi connectivity index (χ0v) is 13.1. The maximum atomic E-state index is 12.2. The van der Waals surface area contributed by atoms with Gasteiger partial charge in [0.2, 0.25) is 15.9 Å². The highest BCUT2D eigenvalue weighted by Crippen LogP contribution is 2.50. The van der Waals surface area contributed by atoms with Crippen LogP contribution in [0.4, 0.5) is 0 Å². The van der Waals surface area contributed by atoms with Crippen molar-refractivity contribution in [1.82, 2.24) is 9.62 Å². The highest BCUT2D eigenvalue weighted by molar-refractivity contribution is 7.88. The third-order valence-corrected chi connectivity index (χ3v) is 6.06. The fraction of sp³-hybridized carbons (Fsp3) is 0.929. The maximum absolute atomic E-state index is 12.2. The zero-order valence-electron chi connectivity index (χ0n) is 12.3. The molecule has 1 N–H and O–H groups in total. The van der Waals surface area contributed by atoms with E-state index in [4.69, 9.17) is 0 Å². The topological polar surface area (TPSA) is 66.5 Å². The fourth-order valence-electron chi connectivity index (χ4n) is 3.88. The minimum atomic E-state index is -3.09. The molecule has 5 nitrogen and oxygen atoms in total. The van der Waals surface area contributed by atoms with Gasteiger partial charge in [0.25, 0.3) is 0 Å². The fourth-order valence-corrected chi connectivity index (χ4v) is 4.65. The van der Waals surface area contributed by atoms with E-state index < -0.39 is 10.0 Å². The standard InChI is InChI=1S/C14H24N2O3S/c1-10-7-12(10)13(17)16-5-3-14(4-6-16)8-11(9-14)15-20(2,18)19/h10-12,15H,3-9H2,1-2H3/t10-,12-/m0/s1. The molecule has 0 aromatic rings. The molecule has 1 saturated heterocycles. The van der Waals surface area contributed by atoms with Crippen molar-refractivity contribution in [2.45, 2.75) is 45.1 Å².